The van der Waals surface area contributed by atoms with Crippen molar-refractivity contribution >= 4 is 22.9 Å². The van der Waals surface area contributed by atoms with Crippen LogP contribution in [-0.4, -0.2) is 40.8 Å². The van der Waals surface area contributed by atoms with Crippen LogP contribution in [-0.2, 0) is 7.05 Å². The van der Waals surface area contributed by atoms with E-state index in [0.717, 1.165) is 43.5 Å². The SMILES string of the molecule is C=C(Nc1ccn(C)n1)N1CCCN(C)c2ccc(C3=CC(C(C)(F)F)=CC=CC3)nc21. The number of fused-ring (bicyclic) bond motifs is 1. The predicted molar refractivity (Wildman–Crippen MR) is 126 cm³/mol. The van der Waals surface area contributed by atoms with Crippen LogP contribution in [0.2, 0.25) is 0 Å². The molecule has 2 aromatic rings. The van der Waals surface area contributed by atoms with Gasteiger partial charge in [0, 0.05) is 51.9 Å². The lowest BCUT2D eigenvalue weighted by Crippen LogP contribution is -2.28. The van der Waals surface area contributed by atoms with Crippen LogP contribution >= 0.6 is 0 Å². The zero-order chi connectivity index (χ0) is 22.9. The minimum atomic E-state index is -2.92. The molecule has 168 valence electrons. The summed E-state index contributed by atoms with van der Waals surface area (Å²) in [6.07, 6.45) is 9.89. The first-order valence-corrected chi connectivity index (χ1v) is 10.6. The number of alkyl halides is 2. The maximum atomic E-state index is 14.0. The van der Waals surface area contributed by atoms with Crippen molar-refractivity contribution in [3.63, 3.8) is 0 Å². The average molecular weight is 439 g/mol. The topological polar surface area (TPSA) is 49.2 Å². The molecule has 0 bridgehead atoms. The van der Waals surface area contributed by atoms with Gasteiger partial charge in [0.25, 0.3) is 5.92 Å². The lowest BCUT2D eigenvalue weighted by atomic mass is 10.0. The molecule has 2 aromatic heterocycles. The number of anilines is 3. The number of hydrogen-bond acceptors (Lipinski definition) is 5. The molecule has 1 aliphatic carbocycles. The van der Waals surface area contributed by atoms with Gasteiger partial charge in [-0.25, -0.2) is 13.8 Å². The second kappa shape index (κ2) is 8.61. The van der Waals surface area contributed by atoms with Crippen molar-refractivity contribution in [2.45, 2.75) is 25.7 Å². The molecule has 0 unspecified atom stereocenters. The number of halogens is 2. The molecule has 1 N–H and O–H groups in total. The maximum absolute atomic E-state index is 14.0. The summed E-state index contributed by atoms with van der Waals surface area (Å²) >= 11 is 0. The lowest BCUT2D eigenvalue weighted by molar-refractivity contribution is 0.0676. The van der Waals surface area contributed by atoms with Crippen LogP contribution in [0.5, 0.6) is 0 Å². The molecular formula is C24H28F2N6. The number of aryl methyl sites for hydroxylation is 1. The number of allylic oxidation sites excluding steroid dienone is 6. The molecule has 0 amide bonds. The van der Waals surface area contributed by atoms with Crippen molar-refractivity contribution in [1.29, 1.82) is 0 Å². The Morgan fingerprint density at radius 2 is 2.00 bits per heavy atom. The van der Waals surface area contributed by atoms with Gasteiger partial charge >= 0.3 is 0 Å². The standard InChI is InChI=1S/C24H28F2N6/c1-17(27-22-12-15-31(4)29-22)32-14-7-13-30(3)21-11-10-20(28-23(21)32)18-8-5-6-9-19(16-18)24(2,25)26/h5-6,9-12,15-16H,1,7-8,13-14H2,2-4H3,(H,27,29). The van der Waals surface area contributed by atoms with E-state index in [1.807, 2.05) is 49.5 Å². The van der Waals surface area contributed by atoms with Gasteiger partial charge in [-0.1, -0.05) is 24.8 Å². The molecule has 0 aromatic carbocycles. The van der Waals surface area contributed by atoms with Crippen LogP contribution < -0.4 is 15.1 Å². The number of pyridine rings is 1. The number of rotatable bonds is 5. The van der Waals surface area contributed by atoms with Crippen LogP contribution in [0.25, 0.3) is 5.57 Å². The van der Waals surface area contributed by atoms with Crippen molar-refractivity contribution in [2.24, 2.45) is 7.05 Å². The van der Waals surface area contributed by atoms with E-state index in [9.17, 15) is 8.78 Å². The van der Waals surface area contributed by atoms with Crippen LogP contribution in [0.15, 0.2) is 66.7 Å². The Morgan fingerprint density at radius 3 is 2.72 bits per heavy atom. The highest BCUT2D eigenvalue weighted by Crippen LogP contribution is 2.36. The maximum Gasteiger partial charge on any atom is 0.270 e. The van der Waals surface area contributed by atoms with E-state index in [-0.39, 0.29) is 5.57 Å². The van der Waals surface area contributed by atoms with Crippen LogP contribution in [0.1, 0.15) is 25.5 Å². The van der Waals surface area contributed by atoms with E-state index in [1.165, 1.54) is 6.08 Å². The summed E-state index contributed by atoms with van der Waals surface area (Å²) < 4.78 is 29.8. The third-order valence-electron chi connectivity index (χ3n) is 5.62. The van der Waals surface area contributed by atoms with E-state index >= 15 is 0 Å². The third-order valence-corrected chi connectivity index (χ3v) is 5.62. The quantitative estimate of drug-likeness (QED) is 0.714. The van der Waals surface area contributed by atoms with Crippen molar-refractivity contribution in [2.75, 3.05) is 35.3 Å². The Bertz CT molecular complexity index is 1110. The van der Waals surface area contributed by atoms with Crippen LogP contribution in [0, 0.1) is 0 Å². The highest BCUT2D eigenvalue weighted by Gasteiger charge is 2.27. The Labute approximate surface area is 187 Å². The highest BCUT2D eigenvalue weighted by molar-refractivity contribution is 5.76. The second-order valence-corrected chi connectivity index (χ2v) is 8.22. The van der Waals surface area contributed by atoms with E-state index in [1.54, 1.807) is 16.8 Å². The fraction of sp³-hybridized carbons (Fsp3) is 0.333. The van der Waals surface area contributed by atoms with Gasteiger partial charge in [-0.05, 0) is 36.6 Å². The molecule has 1 aliphatic heterocycles. The highest BCUT2D eigenvalue weighted by atomic mass is 19.3. The molecule has 0 spiro atoms. The first-order valence-electron chi connectivity index (χ1n) is 10.6. The number of aromatic nitrogens is 3. The normalized spacial score (nSPS) is 16.7. The van der Waals surface area contributed by atoms with E-state index in [0.29, 0.717) is 23.8 Å². The molecule has 0 radical (unpaired) electrons. The molecule has 6 nitrogen and oxygen atoms in total. The summed E-state index contributed by atoms with van der Waals surface area (Å²) in [4.78, 5) is 9.14. The molecule has 0 fully saturated rings. The predicted octanol–water partition coefficient (Wildman–Crippen LogP) is 4.97. The second-order valence-electron chi connectivity index (χ2n) is 8.22. The zero-order valence-electron chi connectivity index (χ0n) is 18.6. The largest absolute Gasteiger partial charge is 0.372 e. The van der Waals surface area contributed by atoms with Gasteiger partial charge in [0.15, 0.2) is 11.6 Å². The molecule has 0 atom stereocenters. The fourth-order valence-corrected chi connectivity index (χ4v) is 3.88. The van der Waals surface area contributed by atoms with E-state index in [4.69, 9.17) is 4.98 Å². The molecule has 3 heterocycles. The molecule has 0 saturated heterocycles. The molecule has 2 aliphatic rings. The molecule has 4 rings (SSSR count). The number of nitrogens with zero attached hydrogens (tertiary/aromatic N) is 5. The molecule has 32 heavy (non-hydrogen) atoms. The lowest BCUT2D eigenvalue weighted by Gasteiger charge is -2.27. The Balaban J connectivity index is 1.71. The van der Waals surface area contributed by atoms with Crippen LogP contribution in [0.4, 0.5) is 26.1 Å². The molecule has 8 heteroatoms. The Hall–Kier alpha value is -3.42. The van der Waals surface area contributed by atoms with Gasteiger partial charge in [-0.3, -0.25) is 4.68 Å². The number of nitrogens with one attached hydrogen (secondary N) is 1. The Kier molecular flexibility index (Phi) is 5.86. The summed E-state index contributed by atoms with van der Waals surface area (Å²) in [7, 11) is 3.89. The smallest absolute Gasteiger partial charge is 0.270 e. The summed E-state index contributed by atoms with van der Waals surface area (Å²) in [5.74, 6) is -0.804. The number of hydrogen-bond donors (Lipinski definition) is 1. The average Bonchev–Trinajstić information content (AvgIpc) is 2.94. The van der Waals surface area contributed by atoms with Gasteiger partial charge in [0.2, 0.25) is 0 Å². The van der Waals surface area contributed by atoms with Crippen LogP contribution in [0.3, 0.4) is 0 Å². The zero-order valence-corrected chi connectivity index (χ0v) is 18.6. The first-order chi connectivity index (χ1) is 15.2. The molecule has 0 saturated carbocycles. The minimum absolute atomic E-state index is 0.0202. The third kappa shape index (κ3) is 4.59. The minimum Gasteiger partial charge on any atom is -0.372 e. The van der Waals surface area contributed by atoms with Gasteiger partial charge in [-0.15, -0.1) is 0 Å². The summed E-state index contributed by atoms with van der Waals surface area (Å²) in [5, 5.41) is 7.62. The van der Waals surface area contributed by atoms with Gasteiger partial charge in [0.1, 0.15) is 5.82 Å². The van der Waals surface area contributed by atoms with Crippen molar-refractivity contribution in [3.05, 3.63) is 72.4 Å². The van der Waals surface area contributed by atoms with Gasteiger partial charge in [0.05, 0.1) is 11.4 Å². The Morgan fingerprint density at radius 1 is 1.19 bits per heavy atom. The van der Waals surface area contributed by atoms with Crippen molar-refractivity contribution in [1.82, 2.24) is 14.8 Å². The fourth-order valence-electron chi connectivity index (χ4n) is 3.88. The summed E-state index contributed by atoms with van der Waals surface area (Å²) in [6.45, 7) is 6.74. The monoisotopic (exact) mass is 438 g/mol. The van der Waals surface area contributed by atoms with Gasteiger partial charge in [-0.2, -0.15) is 5.10 Å². The summed E-state index contributed by atoms with van der Waals surface area (Å²) in [5.41, 5.74) is 2.38. The molecular weight excluding hydrogens is 410 g/mol. The van der Waals surface area contributed by atoms with Crippen molar-refractivity contribution in [3.8, 4) is 0 Å². The van der Waals surface area contributed by atoms with Crippen molar-refractivity contribution < 1.29 is 8.78 Å². The van der Waals surface area contributed by atoms with Gasteiger partial charge < -0.3 is 15.1 Å². The first kappa shape index (κ1) is 21.8. The van der Waals surface area contributed by atoms with E-state index < -0.39 is 5.92 Å². The van der Waals surface area contributed by atoms with E-state index in [2.05, 4.69) is 21.9 Å². The summed E-state index contributed by atoms with van der Waals surface area (Å²) in [6, 6.07) is 5.79.